The molecular formula is C31H42FN7O2. The van der Waals surface area contributed by atoms with E-state index in [0.717, 1.165) is 38.6 Å². The Hall–Kier alpha value is -3.97. The van der Waals surface area contributed by atoms with Gasteiger partial charge in [-0.3, -0.25) is 9.59 Å². The summed E-state index contributed by atoms with van der Waals surface area (Å²) in [7, 11) is 5.50. The van der Waals surface area contributed by atoms with Gasteiger partial charge in [0.15, 0.2) is 0 Å². The molecule has 0 bridgehead atoms. The first-order valence-electron chi connectivity index (χ1n) is 14.2. The molecule has 1 aromatic heterocycles. The largest absolute Gasteiger partial charge is 0.369 e. The average molecular weight is 564 g/mol. The molecule has 1 fully saturated rings. The van der Waals surface area contributed by atoms with Crippen LogP contribution in [-0.4, -0.2) is 77.9 Å². The summed E-state index contributed by atoms with van der Waals surface area (Å²) in [6.07, 6.45) is 9.40. The van der Waals surface area contributed by atoms with Gasteiger partial charge in [0, 0.05) is 43.9 Å². The van der Waals surface area contributed by atoms with Crippen molar-refractivity contribution < 1.29 is 14.0 Å². The van der Waals surface area contributed by atoms with Crippen molar-refractivity contribution in [2.24, 2.45) is 5.92 Å². The van der Waals surface area contributed by atoms with Crippen molar-refractivity contribution in [3.63, 3.8) is 0 Å². The van der Waals surface area contributed by atoms with E-state index in [-0.39, 0.29) is 29.6 Å². The normalized spacial score (nSPS) is 17.4. The molecule has 0 unspecified atom stereocenters. The Kier molecular flexibility index (Phi) is 12.1. The summed E-state index contributed by atoms with van der Waals surface area (Å²) in [5.41, 5.74) is 1.25. The number of amides is 2. The molecule has 3 atom stereocenters. The van der Waals surface area contributed by atoms with E-state index >= 15 is 0 Å². The van der Waals surface area contributed by atoms with Crippen LogP contribution in [0.3, 0.4) is 0 Å². The molecular weight excluding hydrogens is 521 g/mol. The molecule has 1 aliphatic rings. The number of rotatable bonds is 11. The number of likely N-dealkylation sites (N-methyl/N-ethyl adjacent to an activating group) is 2. The summed E-state index contributed by atoms with van der Waals surface area (Å²) in [6, 6.07) is 5.55. The molecule has 10 heteroatoms. The molecule has 0 radical (unpaired) electrons. The Balaban J connectivity index is 1.62. The summed E-state index contributed by atoms with van der Waals surface area (Å²) in [4.78, 5) is 37.7. The van der Waals surface area contributed by atoms with Gasteiger partial charge in [0.1, 0.15) is 17.7 Å². The van der Waals surface area contributed by atoms with E-state index in [0.29, 0.717) is 29.6 Å². The van der Waals surface area contributed by atoms with Crippen LogP contribution in [0.1, 0.15) is 51.5 Å². The smallest absolute Gasteiger partial charge is 0.246 e. The lowest BCUT2D eigenvalue weighted by Gasteiger charge is -2.30. The first kappa shape index (κ1) is 31.6. The van der Waals surface area contributed by atoms with Crippen LogP contribution < -0.4 is 16.0 Å². The Labute approximate surface area is 243 Å². The minimum absolute atomic E-state index is 0.00225. The SMILES string of the molecule is CCCNc1nc(Nc2cccc(F)c2)ncc1C#C[C@H]1CCC[C@H](NC(=O)[C@H](C)N(C)C(=O)C=CCN(C)C)C1. The van der Waals surface area contributed by atoms with Crippen molar-refractivity contribution in [2.75, 3.05) is 44.9 Å². The number of carbonyl (C=O) groups is 2. The average Bonchev–Trinajstić information content (AvgIpc) is 2.94. The maximum Gasteiger partial charge on any atom is 0.246 e. The molecule has 1 heterocycles. The van der Waals surface area contributed by atoms with Gasteiger partial charge in [-0.15, -0.1) is 0 Å². The molecule has 2 aromatic rings. The second kappa shape index (κ2) is 15.7. The van der Waals surface area contributed by atoms with Gasteiger partial charge in [-0.25, -0.2) is 9.37 Å². The molecule has 1 saturated carbocycles. The van der Waals surface area contributed by atoms with E-state index in [1.807, 2.05) is 19.0 Å². The number of nitrogens with one attached hydrogen (secondary N) is 3. The van der Waals surface area contributed by atoms with E-state index in [4.69, 9.17) is 0 Å². The number of hydrogen-bond donors (Lipinski definition) is 3. The highest BCUT2D eigenvalue weighted by atomic mass is 19.1. The molecule has 1 aromatic carbocycles. The number of benzene rings is 1. The number of hydrogen-bond acceptors (Lipinski definition) is 7. The standard InChI is InChI=1S/C31H42FN7O2/c1-6-17-33-29-24(21-34-31(37-29)36-27-13-8-11-25(32)20-27)16-15-23-10-7-12-26(19-23)35-30(41)22(2)39(5)28(40)14-9-18-38(3)4/h8-9,11,13-14,20-23,26H,6-7,10,12,17-19H2,1-5H3,(H,35,41)(H2,33,34,36,37)/t22-,23+,26-/m0/s1. The van der Waals surface area contributed by atoms with Crippen molar-refractivity contribution in [2.45, 2.75) is 58.0 Å². The third-order valence-electron chi connectivity index (χ3n) is 6.88. The Morgan fingerprint density at radius 2 is 2.05 bits per heavy atom. The van der Waals surface area contributed by atoms with Gasteiger partial charge in [0.25, 0.3) is 0 Å². The van der Waals surface area contributed by atoms with E-state index in [2.05, 4.69) is 44.7 Å². The van der Waals surface area contributed by atoms with Crippen molar-refractivity contribution in [1.82, 2.24) is 25.1 Å². The van der Waals surface area contributed by atoms with Crippen molar-refractivity contribution in [1.29, 1.82) is 0 Å². The topological polar surface area (TPSA) is 102 Å². The number of anilines is 3. The molecule has 1 aliphatic carbocycles. The second-order valence-corrected chi connectivity index (χ2v) is 10.6. The fourth-order valence-electron chi connectivity index (χ4n) is 4.41. The lowest BCUT2D eigenvalue weighted by Crippen LogP contribution is -2.49. The van der Waals surface area contributed by atoms with Gasteiger partial charge in [-0.05, 0) is 64.9 Å². The van der Waals surface area contributed by atoms with Gasteiger partial charge < -0.3 is 25.8 Å². The molecule has 3 N–H and O–H groups in total. The van der Waals surface area contributed by atoms with E-state index in [1.165, 1.54) is 23.1 Å². The summed E-state index contributed by atoms with van der Waals surface area (Å²) in [6.45, 7) is 5.19. The zero-order chi connectivity index (χ0) is 29.8. The van der Waals surface area contributed by atoms with Gasteiger partial charge in [0.2, 0.25) is 17.8 Å². The third-order valence-corrected chi connectivity index (χ3v) is 6.88. The summed E-state index contributed by atoms with van der Waals surface area (Å²) >= 11 is 0. The fraction of sp³-hybridized carbons (Fsp3) is 0.484. The summed E-state index contributed by atoms with van der Waals surface area (Å²) < 4.78 is 13.6. The second-order valence-electron chi connectivity index (χ2n) is 10.6. The summed E-state index contributed by atoms with van der Waals surface area (Å²) in [5, 5.41) is 9.47. The highest BCUT2D eigenvalue weighted by molar-refractivity contribution is 5.92. The van der Waals surface area contributed by atoms with Crippen LogP contribution in [0.15, 0.2) is 42.6 Å². The molecule has 220 valence electrons. The van der Waals surface area contributed by atoms with Crippen LogP contribution in [0.25, 0.3) is 0 Å². The number of carbonyl (C=O) groups excluding carboxylic acids is 2. The quantitative estimate of drug-likeness (QED) is 0.279. The van der Waals surface area contributed by atoms with Crippen LogP contribution in [0.5, 0.6) is 0 Å². The highest BCUT2D eigenvalue weighted by Crippen LogP contribution is 2.25. The van der Waals surface area contributed by atoms with E-state index in [9.17, 15) is 14.0 Å². The first-order chi connectivity index (χ1) is 19.7. The number of nitrogens with zero attached hydrogens (tertiary/aromatic N) is 4. The molecule has 2 amide bonds. The predicted octanol–water partition coefficient (Wildman–Crippen LogP) is 4.17. The lowest BCUT2D eigenvalue weighted by atomic mass is 9.86. The van der Waals surface area contributed by atoms with Crippen molar-refractivity contribution in [3.8, 4) is 11.8 Å². The van der Waals surface area contributed by atoms with Crippen LogP contribution in [0.4, 0.5) is 21.8 Å². The molecule has 41 heavy (non-hydrogen) atoms. The fourth-order valence-corrected chi connectivity index (χ4v) is 4.41. The zero-order valence-electron chi connectivity index (χ0n) is 24.7. The van der Waals surface area contributed by atoms with Gasteiger partial charge in [-0.2, -0.15) is 4.98 Å². The van der Waals surface area contributed by atoms with Gasteiger partial charge in [-0.1, -0.05) is 37.3 Å². The zero-order valence-corrected chi connectivity index (χ0v) is 24.7. The van der Waals surface area contributed by atoms with E-state index in [1.54, 1.807) is 38.4 Å². The van der Waals surface area contributed by atoms with Gasteiger partial charge >= 0.3 is 0 Å². The number of halogens is 1. The monoisotopic (exact) mass is 563 g/mol. The molecule has 0 spiro atoms. The van der Waals surface area contributed by atoms with Crippen molar-refractivity contribution in [3.05, 3.63) is 54.0 Å². The third kappa shape index (κ3) is 10.2. The highest BCUT2D eigenvalue weighted by Gasteiger charge is 2.26. The Bertz CT molecular complexity index is 1270. The number of aromatic nitrogens is 2. The molecule has 9 nitrogen and oxygen atoms in total. The minimum atomic E-state index is -0.582. The molecule has 0 saturated heterocycles. The maximum atomic E-state index is 13.6. The van der Waals surface area contributed by atoms with E-state index < -0.39 is 6.04 Å². The maximum absolute atomic E-state index is 13.6. The van der Waals surface area contributed by atoms with Crippen LogP contribution in [0, 0.1) is 23.6 Å². The minimum Gasteiger partial charge on any atom is -0.369 e. The van der Waals surface area contributed by atoms with Crippen molar-refractivity contribution >= 4 is 29.3 Å². The van der Waals surface area contributed by atoms with Gasteiger partial charge in [0.05, 0.1) is 11.8 Å². The predicted molar refractivity (Wildman–Crippen MR) is 161 cm³/mol. The van der Waals surface area contributed by atoms with Crippen LogP contribution >= 0.6 is 0 Å². The van der Waals surface area contributed by atoms with Crippen LogP contribution in [0.2, 0.25) is 0 Å². The first-order valence-corrected chi connectivity index (χ1v) is 14.2. The molecule has 0 aliphatic heterocycles. The summed E-state index contributed by atoms with van der Waals surface area (Å²) in [5.74, 6) is 6.99. The van der Waals surface area contributed by atoms with Crippen LogP contribution in [-0.2, 0) is 9.59 Å². The lowest BCUT2D eigenvalue weighted by molar-refractivity contribution is -0.135. The Morgan fingerprint density at radius 3 is 2.78 bits per heavy atom. The Morgan fingerprint density at radius 1 is 1.24 bits per heavy atom. The molecule has 3 rings (SSSR count).